The van der Waals surface area contributed by atoms with Crippen molar-refractivity contribution < 1.29 is 14.3 Å². The zero-order valence-electron chi connectivity index (χ0n) is 16.2. The van der Waals surface area contributed by atoms with E-state index in [2.05, 4.69) is 0 Å². The summed E-state index contributed by atoms with van der Waals surface area (Å²) in [6, 6.07) is 11.2. The second-order valence-corrected chi connectivity index (χ2v) is 6.96. The summed E-state index contributed by atoms with van der Waals surface area (Å²) in [5, 5.41) is 1.24. The molecule has 28 heavy (non-hydrogen) atoms. The molecule has 0 atom stereocenters. The number of hydrogen-bond donors (Lipinski definition) is 0. The van der Waals surface area contributed by atoms with Crippen LogP contribution in [0.4, 0.5) is 0 Å². The van der Waals surface area contributed by atoms with Gasteiger partial charge in [0, 0.05) is 37.1 Å². The Morgan fingerprint density at radius 1 is 1.00 bits per heavy atom. The van der Waals surface area contributed by atoms with Gasteiger partial charge in [0.05, 0.1) is 19.8 Å². The molecule has 0 unspecified atom stereocenters. The van der Waals surface area contributed by atoms with Gasteiger partial charge in [0.25, 0.3) is 11.5 Å². The normalized spacial score (nSPS) is 13.3. The van der Waals surface area contributed by atoms with Gasteiger partial charge in [0.1, 0.15) is 0 Å². The van der Waals surface area contributed by atoms with E-state index in [4.69, 9.17) is 9.47 Å². The standard InChI is InChI=1S/C22H22N2O4/c1-23-13-18(16-6-4-5-7-17(16)21(23)25)22(26)24-9-8-14-10-19(27-2)20(28-3)11-15(14)12-24/h4-7,10-11,13H,8-9,12H2,1-3H3. The molecule has 2 heterocycles. The molecule has 0 radical (unpaired) electrons. The Hall–Kier alpha value is -3.28. The molecule has 0 saturated carbocycles. The van der Waals surface area contributed by atoms with Crippen LogP contribution in [-0.2, 0) is 20.0 Å². The van der Waals surface area contributed by atoms with Gasteiger partial charge < -0.3 is 18.9 Å². The Bertz CT molecular complexity index is 1130. The van der Waals surface area contributed by atoms with Crippen molar-refractivity contribution in [2.24, 2.45) is 7.05 Å². The molecule has 0 N–H and O–H groups in total. The third kappa shape index (κ3) is 2.91. The van der Waals surface area contributed by atoms with E-state index >= 15 is 0 Å². The first-order chi connectivity index (χ1) is 13.5. The third-order valence-electron chi connectivity index (χ3n) is 5.33. The highest BCUT2D eigenvalue weighted by molar-refractivity contribution is 6.06. The number of fused-ring (bicyclic) bond motifs is 2. The number of pyridine rings is 1. The van der Waals surface area contributed by atoms with Gasteiger partial charge in [-0.05, 0) is 35.7 Å². The lowest BCUT2D eigenvalue weighted by Gasteiger charge is -2.30. The molecule has 1 aliphatic rings. The van der Waals surface area contributed by atoms with Gasteiger partial charge in [-0.2, -0.15) is 0 Å². The van der Waals surface area contributed by atoms with Gasteiger partial charge in [0.2, 0.25) is 0 Å². The van der Waals surface area contributed by atoms with Crippen LogP contribution in [0.25, 0.3) is 10.8 Å². The molecule has 1 aromatic heterocycles. The molecule has 0 fully saturated rings. The maximum Gasteiger partial charge on any atom is 0.258 e. The topological polar surface area (TPSA) is 60.8 Å². The zero-order chi connectivity index (χ0) is 19.8. The lowest BCUT2D eigenvalue weighted by molar-refractivity contribution is 0.0735. The van der Waals surface area contributed by atoms with E-state index in [1.807, 2.05) is 35.2 Å². The monoisotopic (exact) mass is 378 g/mol. The van der Waals surface area contributed by atoms with Crippen molar-refractivity contribution in [1.82, 2.24) is 9.47 Å². The van der Waals surface area contributed by atoms with Crippen LogP contribution >= 0.6 is 0 Å². The number of hydrogen-bond acceptors (Lipinski definition) is 4. The van der Waals surface area contributed by atoms with E-state index in [9.17, 15) is 9.59 Å². The summed E-state index contributed by atoms with van der Waals surface area (Å²) in [5.74, 6) is 1.28. The molecule has 1 amide bonds. The van der Waals surface area contributed by atoms with Crippen LogP contribution in [0.15, 0.2) is 47.4 Å². The fraction of sp³-hybridized carbons (Fsp3) is 0.273. The van der Waals surface area contributed by atoms with E-state index < -0.39 is 0 Å². The Kier molecular flexibility index (Phi) is 4.55. The summed E-state index contributed by atoms with van der Waals surface area (Å²) >= 11 is 0. The van der Waals surface area contributed by atoms with Crippen molar-refractivity contribution in [3.63, 3.8) is 0 Å². The summed E-state index contributed by atoms with van der Waals surface area (Å²) in [7, 11) is 4.90. The number of methoxy groups -OCH3 is 2. The van der Waals surface area contributed by atoms with Crippen molar-refractivity contribution in [3.05, 3.63) is 69.6 Å². The summed E-state index contributed by atoms with van der Waals surface area (Å²) in [6.45, 7) is 1.10. The molecule has 0 saturated heterocycles. The first-order valence-corrected chi connectivity index (χ1v) is 9.15. The lowest BCUT2D eigenvalue weighted by Crippen LogP contribution is -2.36. The quantitative estimate of drug-likeness (QED) is 0.703. The van der Waals surface area contributed by atoms with Crippen molar-refractivity contribution in [3.8, 4) is 11.5 Å². The number of aromatic nitrogens is 1. The Morgan fingerprint density at radius 3 is 2.32 bits per heavy atom. The molecule has 4 rings (SSSR count). The van der Waals surface area contributed by atoms with E-state index in [1.165, 1.54) is 4.57 Å². The van der Waals surface area contributed by atoms with Crippen molar-refractivity contribution in [2.45, 2.75) is 13.0 Å². The molecule has 6 nitrogen and oxygen atoms in total. The molecular formula is C22H22N2O4. The summed E-state index contributed by atoms with van der Waals surface area (Å²) < 4.78 is 12.3. The minimum atomic E-state index is -0.104. The summed E-state index contributed by atoms with van der Waals surface area (Å²) in [5.41, 5.74) is 2.65. The fourth-order valence-electron chi connectivity index (χ4n) is 3.81. The van der Waals surface area contributed by atoms with Gasteiger partial charge in [-0.25, -0.2) is 0 Å². The average Bonchev–Trinajstić information content (AvgIpc) is 2.74. The molecular weight excluding hydrogens is 356 g/mol. The highest BCUT2D eigenvalue weighted by Crippen LogP contribution is 2.33. The smallest absolute Gasteiger partial charge is 0.258 e. The molecule has 0 spiro atoms. The molecule has 0 aliphatic carbocycles. The van der Waals surface area contributed by atoms with Crippen LogP contribution in [0.2, 0.25) is 0 Å². The summed E-state index contributed by atoms with van der Waals surface area (Å²) in [6.07, 6.45) is 2.38. The summed E-state index contributed by atoms with van der Waals surface area (Å²) in [4.78, 5) is 27.5. The predicted octanol–water partition coefficient (Wildman–Crippen LogP) is 2.75. The molecule has 3 aromatic rings. The number of benzene rings is 2. The van der Waals surface area contributed by atoms with Crippen LogP contribution < -0.4 is 15.0 Å². The van der Waals surface area contributed by atoms with E-state index in [-0.39, 0.29) is 11.5 Å². The van der Waals surface area contributed by atoms with E-state index in [1.54, 1.807) is 33.5 Å². The Morgan fingerprint density at radius 2 is 1.64 bits per heavy atom. The number of amides is 1. The SMILES string of the molecule is COc1cc2c(cc1OC)CN(C(=O)c1cn(C)c(=O)c3ccccc13)CC2. The average molecular weight is 378 g/mol. The highest BCUT2D eigenvalue weighted by Gasteiger charge is 2.25. The number of nitrogens with zero attached hydrogens (tertiary/aromatic N) is 2. The first-order valence-electron chi connectivity index (χ1n) is 9.15. The number of rotatable bonds is 3. The third-order valence-corrected chi connectivity index (χ3v) is 5.33. The first kappa shape index (κ1) is 18.1. The second-order valence-electron chi connectivity index (χ2n) is 6.96. The number of aryl methyl sites for hydroxylation is 1. The Balaban J connectivity index is 1.72. The molecule has 1 aliphatic heterocycles. The van der Waals surface area contributed by atoms with E-state index in [0.717, 1.165) is 17.5 Å². The van der Waals surface area contributed by atoms with Gasteiger partial charge in [-0.1, -0.05) is 18.2 Å². The van der Waals surface area contributed by atoms with Gasteiger partial charge in [-0.15, -0.1) is 0 Å². The molecule has 144 valence electrons. The van der Waals surface area contributed by atoms with Crippen LogP contribution in [0.5, 0.6) is 11.5 Å². The number of carbonyl (C=O) groups excluding carboxylic acids is 1. The van der Waals surface area contributed by atoms with Gasteiger partial charge in [0.15, 0.2) is 11.5 Å². The van der Waals surface area contributed by atoms with Gasteiger partial charge in [-0.3, -0.25) is 9.59 Å². The highest BCUT2D eigenvalue weighted by atomic mass is 16.5. The van der Waals surface area contributed by atoms with Crippen LogP contribution in [0.3, 0.4) is 0 Å². The Labute approximate surface area is 162 Å². The number of ether oxygens (including phenoxy) is 2. The van der Waals surface area contributed by atoms with Crippen molar-refractivity contribution in [2.75, 3.05) is 20.8 Å². The molecule has 0 bridgehead atoms. The second kappa shape index (κ2) is 7.03. The maximum absolute atomic E-state index is 13.3. The van der Waals surface area contributed by atoms with Crippen molar-refractivity contribution in [1.29, 1.82) is 0 Å². The maximum atomic E-state index is 13.3. The van der Waals surface area contributed by atoms with Crippen molar-refractivity contribution >= 4 is 16.7 Å². The van der Waals surface area contributed by atoms with Crippen LogP contribution in [0, 0.1) is 0 Å². The van der Waals surface area contributed by atoms with Gasteiger partial charge >= 0.3 is 0 Å². The largest absolute Gasteiger partial charge is 0.493 e. The minimum absolute atomic E-state index is 0.0766. The van der Waals surface area contributed by atoms with Crippen LogP contribution in [0.1, 0.15) is 21.5 Å². The fourth-order valence-corrected chi connectivity index (χ4v) is 3.81. The zero-order valence-corrected chi connectivity index (χ0v) is 16.2. The number of carbonyl (C=O) groups is 1. The molecule has 6 heteroatoms. The minimum Gasteiger partial charge on any atom is -0.493 e. The van der Waals surface area contributed by atoms with E-state index in [0.29, 0.717) is 40.9 Å². The predicted molar refractivity (Wildman–Crippen MR) is 107 cm³/mol. The lowest BCUT2D eigenvalue weighted by atomic mass is 9.97. The molecule has 2 aromatic carbocycles. The van der Waals surface area contributed by atoms with Crippen LogP contribution in [-0.4, -0.2) is 36.1 Å².